The monoisotopic (exact) mass is 289 g/mol. The second kappa shape index (κ2) is 7.57. The summed E-state index contributed by atoms with van der Waals surface area (Å²) in [5.74, 6) is 0.208. The minimum absolute atomic E-state index is 0.208. The summed E-state index contributed by atoms with van der Waals surface area (Å²) in [6.45, 7) is 2.26. The van der Waals surface area contributed by atoms with Gasteiger partial charge in [-0.1, -0.05) is 24.3 Å². The molecule has 0 bridgehead atoms. The number of carbonyl (C=O) groups is 1. The lowest BCUT2D eigenvalue weighted by Gasteiger charge is -2.36. The van der Waals surface area contributed by atoms with Crippen LogP contribution < -0.4 is 5.32 Å². The van der Waals surface area contributed by atoms with Crippen molar-refractivity contribution in [3.8, 4) is 0 Å². The van der Waals surface area contributed by atoms with E-state index in [0.29, 0.717) is 6.54 Å². The molecule has 1 aromatic carbocycles. The molecule has 1 N–H and O–H groups in total. The fraction of sp³-hybridized carbons (Fsp3) is 0.588. The number of hydrogen-bond donors (Lipinski definition) is 1. The van der Waals surface area contributed by atoms with Gasteiger partial charge in [-0.25, -0.2) is 0 Å². The van der Waals surface area contributed by atoms with Crippen LogP contribution in [0.4, 0.5) is 0 Å². The zero-order valence-corrected chi connectivity index (χ0v) is 13.4. The summed E-state index contributed by atoms with van der Waals surface area (Å²) in [5, 5.41) is 2.97. The molecule has 4 nitrogen and oxygen atoms in total. The molecule has 21 heavy (non-hydrogen) atoms. The molecule has 1 unspecified atom stereocenters. The molecule has 0 saturated carbocycles. The molecule has 1 aliphatic heterocycles. The van der Waals surface area contributed by atoms with Crippen LogP contribution in [-0.4, -0.2) is 49.9 Å². The Kier molecular flexibility index (Phi) is 5.76. The Morgan fingerprint density at radius 2 is 2.00 bits per heavy atom. The van der Waals surface area contributed by atoms with Crippen molar-refractivity contribution in [3.05, 3.63) is 35.4 Å². The van der Waals surface area contributed by atoms with E-state index in [0.717, 1.165) is 25.9 Å². The number of benzene rings is 1. The van der Waals surface area contributed by atoms with Crippen LogP contribution in [0.2, 0.25) is 0 Å². The lowest BCUT2D eigenvalue weighted by atomic mass is 9.94. The van der Waals surface area contributed by atoms with Crippen molar-refractivity contribution in [1.29, 1.82) is 0 Å². The van der Waals surface area contributed by atoms with Gasteiger partial charge in [-0.3, -0.25) is 4.79 Å². The van der Waals surface area contributed by atoms with Gasteiger partial charge in [-0.05, 0) is 51.5 Å². The molecule has 2 rings (SSSR count). The van der Waals surface area contributed by atoms with E-state index in [4.69, 9.17) is 0 Å². The highest BCUT2D eigenvalue weighted by molar-refractivity contribution is 5.78. The fourth-order valence-corrected chi connectivity index (χ4v) is 3.04. The van der Waals surface area contributed by atoms with Gasteiger partial charge in [0.1, 0.15) is 0 Å². The SMILES string of the molecule is CNCC(=O)N1CCCCC1c1ccc(CN(C)C)cc1. The highest BCUT2D eigenvalue weighted by Crippen LogP contribution is 2.31. The quantitative estimate of drug-likeness (QED) is 0.901. The van der Waals surface area contributed by atoms with Crippen molar-refractivity contribution in [2.24, 2.45) is 0 Å². The Hall–Kier alpha value is -1.39. The molecule has 116 valence electrons. The van der Waals surface area contributed by atoms with Gasteiger partial charge in [0, 0.05) is 13.1 Å². The van der Waals surface area contributed by atoms with E-state index in [9.17, 15) is 4.79 Å². The van der Waals surface area contributed by atoms with Crippen LogP contribution in [0.15, 0.2) is 24.3 Å². The second-order valence-electron chi connectivity index (χ2n) is 6.11. The number of likely N-dealkylation sites (tertiary alicyclic amines) is 1. The maximum atomic E-state index is 12.3. The van der Waals surface area contributed by atoms with Crippen LogP contribution in [0, 0.1) is 0 Å². The summed E-state index contributed by atoms with van der Waals surface area (Å²) < 4.78 is 0. The summed E-state index contributed by atoms with van der Waals surface area (Å²) in [6.07, 6.45) is 3.39. The van der Waals surface area contributed by atoms with E-state index in [-0.39, 0.29) is 11.9 Å². The highest BCUT2D eigenvalue weighted by Gasteiger charge is 2.27. The Morgan fingerprint density at radius 3 is 2.62 bits per heavy atom. The van der Waals surface area contributed by atoms with E-state index in [1.165, 1.54) is 17.5 Å². The third kappa shape index (κ3) is 4.29. The number of hydrogen-bond acceptors (Lipinski definition) is 3. The summed E-state index contributed by atoms with van der Waals surface area (Å²) in [6, 6.07) is 8.99. The van der Waals surface area contributed by atoms with Crippen LogP contribution in [0.1, 0.15) is 36.4 Å². The maximum absolute atomic E-state index is 12.3. The molecule has 1 aromatic rings. The average Bonchev–Trinajstić information content (AvgIpc) is 2.48. The van der Waals surface area contributed by atoms with E-state index in [1.54, 1.807) is 0 Å². The number of rotatable bonds is 5. The summed E-state index contributed by atoms with van der Waals surface area (Å²) >= 11 is 0. The normalized spacial score (nSPS) is 19.0. The van der Waals surface area contributed by atoms with Crippen molar-refractivity contribution in [2.45, 2.75) is 31.8 Å². The molecule has 0 aromatic heterocycles. The molecular formula is C17H27N3O. The van der Waals surface area contributed by atoms with Crippen molar-refractivity contribution < 1.29 is 4.79 Å². The average molecular weight is 289 g/mol. The van der Waals surface area contributed by atoms with Crippen LogP contribution in [0.25, 0.3) is 0 Å². The van der Waals surface area contributed by atoms with Gasteiger partial charge < -0.3 is 15.1 Å². The summed E-state index contributed by atoms with van der Waals surface area (Å²) in [4.78, 5) is 16.5. The van der Waals surface area contributed by atoms with Gasteiger partial charge >= 0.3 is 0 Å². The minimum Gasteiger partial charge on any atom is -0.335 e. The van der Waals surface area contributed by atoms with E-state index in [1.807, 2.05) is 11.9 Å². The van der Waals surface area contributed by atoms with Crippen LogP contribution >= 0.6 is 0 Å². The second-order valence-corrected chi connectivity index (χ2v) is 6.11. The number of nitrogens with one attached hydrogen (secondary N) is 1. The lowest BCUT2D eigenvalue weighted by Crippen LogP contribution is -2.42. The third-order valence-corrected chi connectivity index (χ3v) is 4.01. The molecule has 1 amide bonds. The molecule has 1 heterocycles. The van der Waals surface area contributed by atoms with E-state index in [2.05, 4.69) is 48.6 Å². The lowest BCUT2D eigenvalue weighted by molar-refractivity contribution is -0.134. The van der Waals surface area contributed by atoms with Crippen molar-refractivity contribution in [3.63, 3.8) is 0 Å². The molecule has 1 saturated heterocycles. The molecule has 0 aliphatic carbocycles. The predicted molar refractivity (Wildman–Crippen MR) is 86.1 cm³/mol. The molecule has 1 aliphatic rings. The van der Waals surface area contributed by atoms with Crippen LogP contribution in [0.5, 0.6) is 0 Å². The number of likely N-dealkylation sites (N-methyl/N-ethyl adjacent to an activating group) is 1. The maximum Gasteiger partial charge on any atom is 0.237 e. The number of piperidine rings is 1. The number of amides is 1. The van der Waals surface area contributed by atoms with Gasteiger partial charge in [0.05, 0.1) is 12.6 Å². The first kappa shape index (κ1) is 16.0. The zero-order valence-electron chi connectivity index (χ0n) is 13.4. The molecule has 4 heteroatoms. The first-order valence-corrected chi connectivity index (χ1v) is 7.79. The van der Waals surface area contributed by atoms with Gasteiger partial charge in [0.2, 0.25) is 5.91 Å². The minimum atomic E-state index is 0.208. The van der Waals surface area contributed by atoms with Gasteiger partial charge in [0.25, 0.3) is 0 Å². The summed E-state index contributed by atoms with van der Waals surface area (Å²) in [5.41, 5.74) is 2.58. The predicted octanol–water partition coefficient (Wildman–Crippen LogP) is 2.02. The van der Waals surface area contributed by atoms with Crippen molar-refractivity contribution >= 4 is 5.91 Å². The largest absolute Gasteiger partial charge is 0.335 e. The molecule has 1 fully saturated rings. The Bertz CT molecular complexity index is 456. The van der Waals surface area contributed by atoms with Gasteiger partial charge in [-0.15, -0.1) is 0 Å². The topological polar surface area (TPSA) is 35.6 Å². The first-order chi connectivity index (χ1) is 10.1. The van der Waals surface area contributed by atoms with E-state index < -0.39 is 0 Å². The van der Waals surface area contributed by atoms with E-state index >= 15 is 0 Å². The van der Waals surface area contributed by atoms with Gasteiger partial charge in [-0.2, -0.15) is 0 Å². The number of carbonyl (C=O) groups excluding carboxylic acids is 1. The highest BCUT2D eigenvalue weighted by atomic mass is 16.2. The molecule has 0 spiro atoms. The number of nitrogens with zero attached hydrogens (tertiary/aromatic N) is 2. The van der Waals surface area contributed by atoms with Crippen molar-refractivity contribution in [2.75, 3.05) is 34.2 Å². The van der Waals surface area contributed by atoms with Crippen LogP contribution in [0.3, 0.4) is 0 Å². The van der Waals surface area contributed by atoms with Crippen molar-refractivity contribution in [1.82, 2.24) is 15.1 Å². The Morgan fingerprint density at radius 1 is 1.29 bits per heavy atom. The first-order valence-electron chi connectivity index (χ1n) is 7.79. The fourth-order valence-electron chi connectivity index (χ4n) is 3.04. The smallest absolute Gasteiger partial charge is 0.237 e. The standard InChI is InChI=1S/C17H27N3O/c1-18-12-17(21)20-11-5-4-6-16(20)15-9-7-14(8-10-15)13-19(2)3/h7-10,16,18H,4-6,11-13H2,1-3H3. The zero-order chi connectivity index (χ0) is 15.2. The molecule has 0 radical (unpaired) electrons. The summed E-state index contributed by atoms with van der Waals surface area (Å²) in [7, 11) is 5.98. The Labute approximate surface area is 128 Å². The Balaban J connectivity index is 2.11. The molecule has 1 atom stereocenters. The molecular weight excluding hydrogens is 262 g/mol. The third-order valence-electron chi connectivity index (χ3n) is 4.01. The van der Waals surface area contributed by atoms with Gasteiger partial charge in [0.15, 0.2) is 0 Å². The van der Waals surface area contributed by atoms with Crippen LogP contribution in [-0.2, 0) is 11.3 Å².